The number of thiazole rings is 1. The Balaban J connectivity index is 1.72. The van der Waals surface area contributed by atoms with E-state index in [9.17, 15) is 0 Å². The van der Waals surface area contributed by atoms with Crippen molar-refractivity contribution in [3.63, 3.8) is 0 Å². The molecule has 0 spiro atoms. The summed E-state index contributed by atoms with van der Waals surface area (Å²) < 4.78 is 1.77. The van der Waals surface area contributed by atoms with Gasteiger partial charge < -0.3 is 0 Å². The SMILES string of the molecule is CC(C)c1csc(C2CCCN(C(C)c3nnnn3C)C2)n1. The number of piperidine rings is 1. The monoisotopic (exact) mass is 320 g/mol. The predicted octanol–water partition coefficient (Wildman–Crippen LogP) is 2.73. The van der Waals surface area contributed by atoms with Crippen LogP contribution in [0.2, 0.25) is 0 Å². The molecule has 2 aromatic rings. The highest BCUT2D eigenvalue weighted by Gasteiger charge is 2.29. The van der Waals surface area contributed by atoms with Gasteiger partial charge in [-0.15, -0.1) is 16.4 Å². The van der Waals surface area contributed by atoms with Gasteiger partial charge in [-0.25, -0.2) is 9.67 Å². The number of hydrogen-bond acceptors (Lipinski definition) is 6. The van der Waals surface area contributed by atoms with Crippen molar-refractivity contribution in [2.75, 3.05) is 13.1 Å². The van der Waals surface area contributed by atoms with E-state index >= 15 is 0 Å². The summed E-state index contributed by atoms with van der Waals surface area (Å²) in [6, 6.07) is 0.243. The zero-order valence-corrected chi connectivity index (χ0v) is 14.5. The first-order chi connectivity index (χ1) is 10.6. The van der Waals surface area contributed by atoms with E-state index in [2.05, 4.69) is 46.6 Å². The van der Waals surface area contributed by atoms with Gasteiger partial charge in [-0.1, -0.05) is 13.8 Å². The smallest absolute Gasteiger partial charge is 0.167 e. The number of aromatic nitrogens is 5. The summed E-state index contributed by atoms with van der Waals surface area (Å²) in [5, 5.41) is 15.4. The Morgan fingerprint density at radius 3 is 2.77 bits per heavy atom. The normalized spacial score (nSPS) is 21.4. The third-order valence-corrected chi connectivity index (χ3v) is 5.53. The summed E-state index contributed by atoms with van der Waals surface area (Å²) in [4.78, 5) is 7.34. The van der Waals surface area contributed by atoms with E-state index in [0.717, 1.165) is 18.9 Å². The zero-order chi connectivity index (χ0) is 15.7. The maximum Gasteiger partial charge on any atom is 0.167 e. The highest BCUT2D eigenvalue weighted by Crippen LogP contribution is 2.33. The number of aryl methyl sites for hydroxylation is 1. The van der Waals surface area contributed by atoms with Crippen LogP contribution >= 0.6 is 11.3 Å². The highest BCUT2D eigenvalue weighted by atomic mass is 32.1. The van der Waals surface area contributed by atoms with Crippen LogP contribution in [0.5, 0.6) is 0 Å². The van der Waals surface area contributed by atoms with Crippen molar-refractivity contribution in [3.05, 3.63) is 21.9 Å². The van der Waals surface area contributed by atoms with Crippen molar-refractivity contribution in [1.29, 1.82) is 0 Å². The summed E-state index contributed by atoms with van der Waals surface area (Å²) in [5.41, 5.74) is 1.22. The molecule has 0 amide bonds. The van der Waals surface area contributed by atoms with Gasteiger partial charge in [0.15, 0.2) is 5.82 Å². The topological polar surface area (TPSA) is 59.7 Å². The second-order valence-electron chi connectivity index (χ2n) is 6.44. The molecular weight excluding hydrogens is 296 g/mol. The van der Waals surface area contributed by atoms with E-state index < -0.39 is 0 Å². The van der Waals surface area contributed by atoms with Gasteiger partial charge in [-0.2, -0.15) is 0 Å². The minimum Gasteiger partial charge on any atom is -0.293 e. The Morgan fingerprint density at radius 1 is 1.32 bits per heavy atom. The molecule has 0 saturated carbocycles. The van der Waals surface area contributed by atoms with Crippen LogP contribution in [0.4, 0.5) is 0 Å². The Bertz CT molecular complexity index is 619. The molecule has 3 rings (SSSR count). The second kappa shape index (κ2) is 6.42. The van der Waals surface area contributed by atoms with Gasteiger partial charge in [0.2, 0.25) is 0 Å². The Kier molecular flexibility index (Phi) is 4.54. The maximum atomic E-state index is 4.85. The Morgan fingerprint density at radius 2 is 2.14 bits per heavy atom. The minimum atomic E-state index is 0.243. The van der Waals surface area contributed by atoms with Gasteiger partial charge in [0, 0.05) is 24.9 Å². The van der Waals surface area contributed by atoms with Gasteiger partial charge in [-0.05, 0) is 42.7 Å². The maximum absolute atomic E-state index is 4.85. The minimum absolute atomic E-state index is 0.243. The van der Waals surface area contributed by atoms with Gasteiger partial charge in [0.1, 0.15) is 0 Å². The van der Waals surface area contributed by atoms with Crippen molar-refractivity contribution in [2.45, 2.75) is 51.5 Å². The molecule has 0 radical (unpaired) electrons. The first kappa shape index (κ1) is 15.6. The van der Waals surface area contributed by atoms with Crippen LogP contribution in [0, 0.1) is 0 Å². The van der Waals surface area contributed by atoms with Crippen molar-refractivity contribution in [1.82, 2.24) is 30.1 Å². The molecule has 0 aromatic carbocycles. The molecule has 1 saturated heterocycles. The molecule has 7 heteroatoms. The van der Waals surface area contributed by atoms with Crippen LogP contribution in [0.15, 0.2) is 5.38 Å². The van der Waals surface area contributed by atoms with Crippen LogP contribution in [0.3, 0.4) is 0 Å². The number of hydrogen-bond donors (Lipinski definition) is 0. The predicted molar refractivity (Wildman–Crippen MR) is 87.0 cm³/mol. The molecule has 22 heavy (non-hydrogen) atoms. The molecular formula is C15H24N6S. The van der Waals surface area contributed by atoms with Crippen molar-refractivity contribution in [2.24, 2.45) is 7.05 Å². The van der Waals surface area contributed by atoms with Gasteiger partial charge >= 0.3 is 0 Å². The molecule has 2 aromatic heterocycles. The van der Waals surface area contributed by atoms with Crippen molar-refractivity contribution >= 4 is 11.3 Å². The standard InChI is InChI=1S/C15H24N6S/c1-10(2)13-9-22-15(16-13)12-6-5-7-21(8-12)11(3)14-17-18-19-20(14)4/h9-12H,5-8H2,1-4H3. The lowest BCUT2D eigenvalue weighted by atomic mass is 9.97. The molecule has 2 atom stereocenters. The second-order valence-corrected chi connectivity index (χ2v) is 7.33. The molecule has 1 aliphatic rings. The molecule has 0 aliphatic carbocycles. The molecule has 2 unspecified atom stereocenters. The summed E-state index contributed by atoms with van der Waals surface area (Å²) >= 11 is 1.82. The number of tetrazole rings is 1. The fourth-order valence-electron chi connectivity index (χ4n) is 3.07. The summed E-state index contributed by atoms with van der Waals surface area (Å²) in [7, 11) is 1.91. The van der Waals surface area contributed by atoms with E-state index in [1.54, 1.807) is 4.68 Å². The molecule has 0 bridgehead atoms. The quantitative estimate of drug-likeness (QED) is 0.867. The lowest BCUT2D eigenvalue weighted by Gasteiger charge is -2.35. The van der Waals surface area contributed by atoms with Crippen LogP contribution in [0.25, 0.3) is 0 Å². The van der Waals surface area contributed by atoms with Gasteiger partial charge in [0.05, 0.1) is 16.7 Å². The third kappa shape index (κ3) is 3.05. The van der Waals surface area contributed by atoms with Crippen molar-refractivity contribution in [3.8, 4) is 0 Å². The van der Waals surface area contributed by atoms with Gasteiger partial charge in [0.25, 0.3) is 0 Å². The van der Waals surface area contributed by atoms with E-state index in [1.807, 2.05) is 18.4 Å². The van der Waals surface area contributed by atoms with E-state index in [0.29, 0.717) is 11.8 Å². The van der Waals surface area contributed by atoms with E-state index in [-0.39, 0.29) is 6.04 Å². The molecule has 1 aliphatic heterocycles. The lowest BCUT2D eigenvalue weighted by molar-refractivity contribution is 0.150. The average Bonchev–Trinajstić information content (AvgIpc) is 3.15. The summed E-state index contributed by atoms with van der Waals surface area (Å²) in [6.45, 7) is 8.74. The van der Waals surface area contributed by atoms with Crippen molar-refractivity contribution < 1.29 is 0 Å². The molecule has 6 nitrogen and oxygen atoms in total. The molecule has 1 fully saturated rings. The molecule has 0 N–H and O–H groups in total. The highest BCUT2D eigenvalue weighted by molar-refractivity contribution is 7.09. The van der Waals surface area contributed by atoms with Crippen LogP contribution in [0.1, 0.15) is 68.0 Å². The number of nitrogens with zero attached hydrogens (tertiary/aromatic N) is 6. The lowest BCUT2D eigenvalue weighted by Crippen LogP contribution is -2.37. The van der Waals surface area contributed by atoms with E-state index in [1.165, 1.54) is 23.5 Å². The Hall–Kier alpha value is -1.34. The van der Waals surface area contributed by atoms with Gasteiger partial charge in [-0.3, -0.25) is 4.90 Å². The van der Waals surface area contributed by atoms with Crippen LogP contribution in [-0.2, 0) is 7.05 Å². The molecule has 120 valence electrons. The third-order valence-electron chi connectivity index (χ3n) is 4.51. The van der Waals surface area contributed by atoms with Crippen LogP contribution < -0.4 is 0 Å². The average molecular weight is 320 g/mol. The Labute approximate surface area is 135 Å². The number of likely N-dealkylation sites (tertiary alicyclic amines) is 1. The number of rotatable bonds is 4. The van der Waals surface area contributed by atoms with E-state index in [4.69, 9.17) is 4.98 Å². The first-order valence-corrected chi connectivity index (χ1v) is 8.86. The molecule has 3 heterocycles. The fraction of sp³-hybridized carbons (Fsp3) is 0.733. The first-order valence-electron chi connectivity index (χ1n) is 7.98. The largest absolute Gasteiger partial charge is 0.293 e. The van der Waals surface area contributed by atoms with Crippen LogP contribution in [-0.4, -0.2) is 43.2 Å². The summed E-state index contributed by atoms with van der Waals surface area (Å²) in [5.74, 6) is 1.98. The summed E-state index contributed by atoms with van der Waals surface area (Å²) in [6.07, 6.45) is 2.43. The zero-order valence-electron chi connectivity index (χ0n) is 13.7. The fourth-order valence-corrected chi connectivity index (χ4v) is 4.18.